The summed E-state index contributed by atoms with van der Waals surface area (Å²) in [7, 11) is 0. The molecule has 0 aliphatic rings. The number of benzene rings is 2. The molecule has 0 saturated heterocycles. The van der Waals surface area contributed by atoms with Gasteiger partial charge in [0.2, 0.25) is 0 Å². The van der Waals surface area contributed by atoms with Crippen LogP contribution in [0.3, 0.4) is 0 Å². The van der Waals surface area contributed by atoms with Crippen molar-refractivity contribution in [2.45, 2.75) is 5.16 Å². The average Bonchev–Trinajstić information content (AvgIpc) is 2.94. The number of nitrogens with one attached hydrogen (secondary N) is 1. The van der Waals surface area contributed by atoms with Crippen molar-refractivity contribution < 1.29 is 4.74 Å². The first-order valence-electron chi connectivity index (χ1n) is 6.56. The second kappa shape index (κ2) is 6.33. The van der Waals surface area contributed by atoms with Gasteiger partial charge in [0, 0.05) is 5.75 Å². The Morgan fingerprint density at radius 3 is 2.81 bits per heavy atom. The molecule has 0 bridgehead atoms. The van der Waals surface area contributed by atoms with Crippen LogP contribution in [0.1, 0.15) is 5.56 Å². The predicted molar refractivity (Wildman–Crippen MR) is 83.5 cm³/mol. The summed E-state index contributed by atoms with van der Waals surface area (Å²) in [6, 6.07) is 17.3. The Labute approximate surface area is 126 Å². The molecule has 0 aliphatic carbocycles. The average molecular weight is 295 g/mol. The van der Waals surface area contributed by atoms with Crippen LogP contribution in [0.2, 0.25) is 0 Å². The molecule has 1 aromatic heterocycles. The molecule has 0 fully saturated rings. The smallest absolute Gasteiger partial charge is 0.166 e. The van der Waals surface area contributed by atoms with Gasteiger partial charge in [-0.2, -0.15) is 5.26 Å². The topological polar surface area (TPSA) is 61.7 Å². The number of imidazole rings is 1. The van der Waals surface area contributed by atoms with Crippen LogP contribution < -0.4 is 4.74 Å². The van der Waals surface area contributed by atoms with Crippen LogP contribution in [0.15, 0.2) is 53.7 Å². The number of rotatable bonds is 5. The van der Waals surface area contributed by atoms with E-state index in [4.69, 9.17) is 10.00 Å². The summed E-state index contributed by atoms with van der Waals surface area (Å²) >= 11 is 1.60. The lowest BCUT2D eigenvalue weighted by Crippen LogP contribution is -2.01. The van der Waals surface area contributed by atoms with Crippen LogP contribution >= 0.6 is 11.8 Å². The minimum absolute atomic E-state index is 0.528. The van der Waals surface area contributed by atoms with Gasteiger partial charge in [-0.25, -0.2) is 4.98 Å². The number of fused-ring (bicyclic) bond motifs is 1. The highest BCUT2D eigenvalue weighted by molar-refractivity contribution is 7.99. The summed E-state index contributed by atoms with van der Waals surface area (Å²) in [6.07, 6.45) is 0. The molecule has 104 valence electrons. The Balaban J connectivity index is 1.55. The van der Waals surface area contributed by atoms with E-state index in [0.29, 0.717) is 17.9 Å². The molecular formula is C16H13N3OS. The molecule has 2 aromatic carbocycles. The van der Waals surface area contributed by atoms with Crippen molar-refractivity contribution in [3.05, 3.63) is 54.1 Å². The summed E-state index contributed by atoms with van der Waals surface area (Å²) in [5, 5.41) is 9.87. The van der Waals surface area contributed by atoms with Crippen molar-refractivity contribution in [3.8, 4) is 11.8 Å². The summed E-state index contributed by atoms with van der Waals surface area (Å²) in [6.45, 7) is 0.528. The second-order valence-corrected chi connectivity index (χ2v) is 5.45. The largest absolute Gasteiger partial charge is 0.491 e. The van der Waals surface area contributed by atoms with Crippen molar-refractivity contribution >= 4 is 22.8 Å². The number of para-hydroxylation sites is 3. The van der Waals surface area contributed by atoms with Crippen LogP contribution in [0.5, 0.6) is 5.75 Å². The molecule has 1 N–H and O–H groups in total. The quantitative estimate of drug-likeness (QED) is 0.577. The maximum absolute atomic E-state index is 8.98. The first-order chi connectivity index (χ1) is 10.4. The zero-order valence-corrected chi connectivity index (χ0v) is 12.1. The molecule has 0 saturated carbocycles. The molecule has 3 aromatic rings. The number of aromatic amines is 1. The lowest BCUT2D eigenvalue weighted by Gasteiger charge is -2.06. The van der Waals surface area contributed by atoms with Gasteiger partial charge in [-0.05, 0) is 24.3 Å². The van der Waals surface area contributed by atoms with E-state index in [0.717, 1.165) is 21.9 Å². The molecule has 3 rings (SSSR count). The van der Waals surface area contributed by atoms with E-state index in [1.165, 1.54) is 0 Å². The SMILES string of the molecule is N#Cc1ccccc1OCCSc1nc2ccccc2[nH]1. The zero-order chi connectivity index (χ0) is 14.5. The van der Waals surface area contributed by atoms with Gasteiger partial charge < -0.3 is 9.72 Å². The standard InChI is InChI=1S/C16H13N3OS/c17-11-12-5-1-4-8-15(12)20-9-10-21-16-18-13-6-2-3-7-14(13)19-16/h1-8H,9-10H2,(H,18,19). The minimum Gasteiger partial charge on any atom is -0.491 e. The van der Waals surface area contributed by atoms with Crippen LogP contribution in [0.4, 0.5) is 0 Å². The number of nitrogens with zero attached hydrogens (tertiary/aromatic N) is 2. The highest BCUT2D eigenvalue weighted by atomic mass is 32.2. The molecule has 0 aliphatic heterocycles. The van der Waals surface area contributed by atoms with Crippen molar-refractivity contribution in [3.63, 3.8) is 0 Å². The Morgan fingerprint density at radius 2 is 1.95 bits per heavy atom. The molecule has 0 atom stereocenters. The molecular weight excluding hydrogens is 282 g/mol. The maximum atomic E-state index is 8.98. The van der Waals surface area contributed by atoms with Gasteiger partial charge in [-0.3, -0.25) is 0 Å². The number of hydrogen-bond acceptors (Lipinski definition) is 4. The maximum Gasteiger partial charge on any atom is 0.166 e. The molecule has 0 amide bonds. The Morgan fingerprint density at radius 1 is 1.14 bits per heavy atom. The van der Waals surface area contributed by atoms with Crippen molar-refractivity contribution in [1.29, 1.82) is 5.26 Å². The third-order valence-corrected chi connectivity index (χ3v) is 3.79. The highest BCUT2D eigenvalue weighted by Gasteiger charge is 2.04. The molecule has 21 heavy (non-hydrogen) atoms. The molecule has 0 spiro atoms. The molecule has 4 nitrogen and oxygen atoms in total. The van der Waals surface area contributed by atoms with Crippen LogP contribution in [0.25, 0.3) is 11.0 Å². The fourth-order valence-corrected chi connectivity index (χ4v) is 2.68. The normalized spacial score (nSPS) is 10.4. The minimum atomic E-state index is 0.528. The Hall–Kier alpha value is -2.45. The first kappa shape index (κ1) is 13.5. The lowest BCUT2D eigenvalue weighted by molar-refractivity contribution is 0.343. The van der Waals surface area contributed by atoms with E-state index in [-0.39, 0.29) is 0 Å². The molecule has 5 heteroatoms. The monoisotopic (exact) mass is 295 g/mol. The molecule has 0 radical (unpaired) electrons. The number of nitriles is 1. The van der Waals surface area contributed by atoms with E-state index in [1.807, 2.05) is 42.5 Å². The summed E-state index contributed by atoms with van der Waals surface area (Å²) in [5.74, 6) is 1.39. The number of thioether (sulfide) groups is 1. The van der Waals surface area contributed by atoms with Gasteiger partial charge in [-0.15, -0.1) is 0 Å². The third-order valence-electron chi connectivity index (χ3n) is 2.95. The zero-order valence-electron chi connectivity index (χ0n) is 11.2. The number of ether oxygens (including phenoxy) is 1. The highest BCUT2D eigenvalue weighted by Crippen LogP contribution is 2.20. The third kappa shape index (κ3) is 3.18. The van der Waals surface area contributed by atoms with Crippen LogP contribution in [0, 0.1) is 11.3 Å². The van der Waals surface area contributed by atoms with Crippen molar-refractivity contribution in [1.82, 2.24) is 9.97 Å². The Kier molecular flexibility index (Phi) is 4.08. The summed E-state index contributed by atoms with van der Waals surface area (Å²) < 4.78 is 5.64. The van der Waals surface area contributed by atoms with Crippen molar-refractivity contribution in [2.75, 3.05) is 12.4 Å². The summed E-state index contributed by atoms with van der Waals surface area (Å²) in [4.78, 5) is 7.75. The lowest BCUT2D eigenvalue weighted by atomic mass is 10.2. The molecule has 1 heterocycles. The van der Waals surface area contributed by atoms with E-state index in [2.05, 4.69) is 16.0 Å². The first-order valence-corrected chi connectivity index (χ1v) is 7.55. The summed E-state index contributed by atoms with van der Waals surface area (Å²) in [5.41, 5.74) is 2.57. The van der Waals surface area contributed by atoms with Gasteiger partial charge in [0.25, 0.3) is 0 Å². The van der Waals surface area contributed by atoms with Crippen molar-refractivity contribution in [2.24, 2.45) is 0 Å². The molecule has 0 unspecified atom stereocenters. The van der Waals surface area contributed by atoms with Gasteiger partial charge in [0.1, 0.15) is 11.8 Å². The van der Waals surface area contributed by atoms with E-state index in [1.54, 1.807) is 17.8 Å². The van der Waals surface area contributed by atoms with Gasteiger partial charge >= 0.3 is 0 Å². The van der Waals surface area contributed by atoms with E-state index < -0.39 is 0 Å². The fraction of sp³-hybridized carbons (Fsp3) is 0.125. The van der Waals surface area contributed by atoms with Crippen LogP contribution in [-0.4, -0.2) is 22.3 Å². The van der Waals surface area contributed by atoms with Gasteiger partial charge in [-0.1, -0.05) is 36.0 Å². The Bertz CT molecular complexity index is 758. The predicted octanol–water partition coefficient (Wildman–Crippen LogP) is 3.61. The second-order valence-electron chi connectivity index (χ2n) is 4.36. The fourth-order valence-electron chi connectivity index (χ4n) is 1.97. The number of hydrogen-bond donors (Lipinski definition) is 1. The van der Waals surface area contributed by atoms with E-state index >= 15 is 0 Å². The number of H-pyrrole nitrogens is 1. The van der Waals surface area contributed by atoms with E-state index in [9.17, 15) is 0 Å². The number of aromatic nitrogens is 2. The van der Waals surface area contributed by atoms with Gasteiger partial charge in [0.15, 0.2) is 5.16 Å². The van der Waals surface area contributed by atoms with Gasteiger partial charge in [0.05, 0.1) is 23.2 Å². The van der Waals surface area contributed by atoms with Crippen LogP contribution in [-0.2, 0) is 0 Å².